The number of ether oxygens (including phenoxy) is 2. The summed E-state index contributed by atoms with van der Waals surface area (Å²) in [5.41, 5.74) is 6.64. The highest BCUT2D eigenvalue weighted by Gasteiger charge is 2.68. The van der Waals surface area contributed by atoms with Crippen molar-refractivity contribution in [3.8, 4) is 0 Å². The minimum Gasteiger partial charge on any atom is -0.426 e. The average Bonchev–Trinajstić information content (AvgIpc) is 3.38. The molecule has 4 fully saturated rings. The Balaban J connectivity index is 0.000000392. The Labute approximate surface area is 303 Å². The highest BCUT2D eigenvalue weighted by Crippen LogP contribution is 2.51. The van der Waals surface area contributed by atoms with Crippen LogP contribution in [-0.4, -0.2) is 106 Å². The summed E-state index contributed by atoms with van der Waals surface area (Å²) in [5.74, 6) is -3.32. The third-order valence-corrected chi connectivity index (χ3v) is 14.6. The van der Waals surface area contributed by atoms with Crippen molar-refractivity contribution >= 4 is 73.0 Å². The summed E-state index contributed by atoms with van der Waals surface area (Å²) in [4.78, 5) is 65.8. The number of nitrogens with zero attached hydrogens (tertiary/aromatic N) is 2. The van der Waals surface area contributed by atoms with Crippen LogP contribution in [0.5, 0.6) is 0 Å². The van der Waals surface area contributed by atoms with Gasteiger partial charge in [0.05, 0.1) is 16.1 Å². The lowest BCUT2D eigenvalue weighted by Gasteiger charge is -2.44. The number of esters is 2. The summed E-state index contributed by atoms with van der Waals surface area (Å²) in [6.45, 7) is 5.37. The lowest BCUT2D eigenvalue weighted by Crippen LogP contribution is -2.71. The van der Waals surface area contributed by atoms with E-state index in [0.717, 1.165) is 4.90 Å². The Bertz CT molecular complexity index is 1980. The van der Waals surface area contributed by atoms with E-state index in [1.807, 2.05) is 0 Å². The molecule has 0 saturated carbocycles. The summed E-state index contributed by atoms with van der Waals surface area (Å²) in [6.07, 6.45) is -0.191. The standard InChI is InChI=1S/C25H30N4O9S2.C6H5ClO3S/c1-24(2)17(29-20(32)16(21(29)39-24)27-19(31)15(26)12-8-6-5-7-9-12)22(33)37-11-38-23(34)18-25(3,4)40(35,36)14-10-13(30)28(14)18;7-5-1-3-6(4-2-5)11(8,9)10/h5-9,14-18,21H,10-11,26H2,1-4H3,(H,27,31);1-4H,(H,8,9,10)/t14-,15?,16-,17+,18+,21-;/m1./s1. The predicted octanol–water partition coefficient (Wildman–Crippen LogP) is 0.998. The van der Waals surface area contributed by atoms with E-state index in [1.165, 1.54) is 54.8 Å². The molecule has 0 bridgehead atoms. The molecular formula is C31H35ClN4O12S3. The molecule has 4 heterocycles. The van der Waals surface area contributed by atoms with Gasteiger partial charge in [-0.3, -0.25) is 18.9 Å². The molecule has 51 heavy (non-hydrogen) atoms. The fraction of sp³-hybridized carbons (Fsp3) is 0.452. The fourth-order valence-electron chi connectivity index (χ4n) is 6.30. The molecule has 0 radical (unpaired) electrons. The molecule has 6 rings (SSSR count). The number of sulfone groups is 1. The average molecular weight is 787 g/mol. The number of nitrogens with two attached hydrogens (primary N) is 1. The summed E-state index contributed by atoms with van der Waals surface area (Å²) in [7, 11) is -7.88. The number of rotatable bonds is 8. The number of halogens is 1. The van der Waals surface area contributed by atoms with Crippen LogP contribution in [0.15, 0.2) is 59.5 Å². The summed E-state index contributed by atoms with van der Waals surface area (Å²) in [6, 6.07) is 9.71. The maximum atomic E-state index is 13.0. The molecule has 2 aromatic rings. The first-order chi connectivity index (χ1) is 23.6. The van der Waals surface area contributed by atoms with Crippen LogP contribution < -0.4 is 11.1 Å². The van der Waals surface area contributed by atoms with Gasteiger partial charge in [-0.05, 0) is 57.5 Å². The Morgan fingerprint density at radius 2 is 1.57 bits per heavy atom. The third-order valence-electron chi connectivity index (χ3n) is 9.12. The van der Waals surface area contributed by atoms with Crippen molar-refractivity contribution < 1.29 is 54.8 Å². The SMILES string of the molecule is CC1(C)S[C@@H]2[C@H](NC(=O)C(N)c3ccccc3)C(=O)N2[C@H]1C(=O)OCOC(=O)[C@@H]1N2C(=O)C[C@H]2S(=O)(=O)C1(C)C.O=S(=O)(O)c1ccc(Cl)cc1. The maximum absolute atomic E-state index is 13.0. The first kappa shape index (κ1) is 38.5. The molecule has 4 aliphatic heterocycles. The van der Waals surface area contributed by atoms with Crippen LogP contribution >= 0.6 is 23.4 Å². The van der Waals surface area contributed by atoms with Crippen LogP contribution in [0.3, 0.4) is 0 Å². The van der Waals surface area contributed by atoms with E-state index in [1.54, 1.807) is 44.2 Å². The van der Waals surface area contributed by atoms with Crippen molar-refractivity contribution in [2.45, 2.75) is 83.4 Å². The molecule has 16 nitrogen and oxygen atoms in total. The molecule has 20 heteroatoms. The van der Waals surface area contributed by atoms with Gasteiger partial charge in [0.1, 0.15) is 34.9 Å². The highest BCUT2D eigenvalue weighted by atomic mass is 35.5. The van der Waals surface area contributed by atoms with E-state index < -0.39 is 101 Å². The van der Waals surface area contributed by atoms with Crippen molar-refractivity contribution in [3.63, 3.8) is 0 Å². The molecule has 0 aliphatic carbocycles. The molecule has 4 N–H and O–H groups in total. The smallest absolute Gasteiger partial charge is 0.333 e. The van der Waals surface area contributed by atoms with Crippen LogP contribution in [-0.2, 0) is 53.4 Å². The third kappa shape index (κ3) is 6.94. The van der Waals surface area contributed by atoms with Crippen LogP contribution in [0.1, 0.15) is 45.7 Å². The van der Waals surface area contributed by atoms with Crippen LogP contribution in [0, 0.1) is 0 Å². The van der Waals surface area contributed by atoms with E-state index in [9.17, 15) is 40.8 Å². The molecule has 276 valence electrons. The van der Waals surface area contributed by atoms with Crippen molar-refractivity contribution in [3.05, 3.63) is 65.2 Å². The number of β-lactam (4-membered cyclic amide) rings is 2. The van der Waals surface area contributed by atoms with Gasteiger partial charge >= 0.3 is 11.9 Å². The van der Waals surface area contributed by atoms with E-state index in [0.29, 0.717) is 10.6 Å². The Morgan fingerprint density at radius 1 is 1.00 bits per heavy atom. The maximum Gasteiger partial charge on any atom is 0.333 e. The first-order valence-electron chi connectivity index (χ1n) is 15.3. The van der Waals surface area contributed by atoms with Crippen LogP contribution in [0.4, 0.5) is 0 Å². The summed E-state index contributed by atoms with van der Waals surface area (Å²) < 4.78 is 62.7. The van der Waals surface area contributed by atoms with Crippen molar-refractivity contribution in [2.75, 3.05) is 6.79 Å². The van der Waals surface area contributed by atoms with Gasteiger partial charge < -0.3 is 30.3 Å². The minimum atomic E-state index is -4.08. The molecule has 0 spiro atoms. The van der Waals surface area contributed by atoms with Crippen LogP contribution in [0.2, 0.25) is 5.02 Å². The van der Waals surface area contributed by atoms with Crippen LogP contribution in [0.25, 0.3) is 0 Å². The molecule has 6 atom stereocenters. The van der Waals surface area contributed by atoms with Crippen molar-refractivity contribution in [2.24, 2.45) is 5.73 Å². The van der Waals surface area contributed by atoms with Gasteiger partial charge in [-0.1, -0.05) is 41.9 Å². The Hall–Kier alpha value is -3.75. The second kappa shape index (κ2) is 13.7. The lowest BCUT2D eigenvalue weighted by molar-refractivity contribution is -0.181. The van der Waals surface area contributed by atoms with Gasteiger partial charge in [0.15, 0.2) is 9.84 Å². The number of amides is 3. The van der Waals surface area contributed by atoms with Gasteiger partial charge in [-0.15, -0.1) is 11.8 Å². The van der Waals surface area contributed by atoms with E-state index in [-0.39, 0.29) is 11.3 Å². The first-order valence-corrected chi connectivity index (χ1v) is 19.6. The summed E-state index contributed by atoms with van der Waals surface area (Å²) in [5, 5.41) is 1.50. The largest absolute Gasteiger partial charge is 0.426 e. The number of benzene rings is 2. The minimum absolute atomic E-state index is 0.151. The van der Waals surface area contributed by atoms with Gasteiger partial charge in [0.25, 0.3) is 10.1 Å². The zero-order chi connectivity index (χ0) is 37.8. The molecular weight excluding hydrogens is 752 g/mol. The normalized spacial score (nSPS) is 27.0. The van der Waals surface area contributed by atoms with Crippen molar-refractivity contribution in [1.82, 2.24) is 15.1 Å². The topological polar surface area (TPSA) is 237 Å². The number of nitrogens with one attached hydrogen (secondary N) is 1. The molecule has 4 aliphatic rings. The fourth-order valence-corrected chi connectivity index (χ4v) is 10.6. The monoisotopic (exact) mass is 786 g/mol. The van der Waals surface area contributed by atoms with Crippen molar-refractivity contribution in [1.29, 1.82) is 0 Å². The van der Waals surface area contributed by atoms with Gasteiger partial charge in [0, 0.05) is 9.77 Å². The van der Waals surface area contributed by atoms with Gasteiger partial charge in [-0.2, -0.15) is 8.42 Å². The highest BCUT2D eigenvalue weighted by molar-refractivity contribution is 8.01. The number of fused-ring (bicyclic) bond motifs is 2. The Morgan fingerprint density at radius 3 is 2.12 bits per heavy atom. The number of carbonyl (C=O) groups is 5. The zero-order valence-corrected chi connectivity index (χ0v) is 30.8. The lowest BCUT2D eigenvalue weighted by atomic mass is 9.95. The predicted molar refractivity (Wildman–Crippen MR) is 182 cm³/mol. The van der Waals surface area contributed by atoms with E-state index in [2.05, 4.69) is 5.32 Å². The van der Waals surface area contributed by atoms with Gasteiger partial charge in [0.2, 0.25) is 24.5 Å². The number of thioether (sulfide) groups is 1. The number of hydrogen-bond donors (Lipinski definition) is 3. The molecule has 1 unspecified atom stereocenters. The van der Waals surface area contributed by atoms with E-state index >= 15 is 0 Å². The van der Waals surface area contributed by atoms with Gasteiger partial charge in [-0.25, -0.2) is 18.0 Å². The zero-order valence-electron chi connectivity index (χ0n) is 27.6. The summed E-state index contributed by atoms with van der Waals surface area (Å²) >= 11 is 6.80. The number of hydrogen-bond acceptors (Lipinski definition) is 13. The second-order valence-electron chi connectivity index (χ2n) is 13.1. The quantitative estimate of drug-likeness (QED) is 0.147. The molecule has 3 amide bonds. The second-order valence-corrected chi connectivity index (χ2v) is 19.4. The number of carbonyl (C=O) groups excluding carboxylic acids is 5. The Kier molecular flexibility index (Phi) is 10.3. The molecule has 4 saturated heterocycles. The molecule has 2 aromatic carbocycles. The van der Waals surface area contributed by atoms with E-state index in [4.69, 9.17) is 31.4 Å². The molecule has 0 aromatic heterocycles.